The average Bonchev–Trinajstić information content (AvgIpc) is 2.50. The Morgan fingerprint density at radius 3 is 2.76 bits per heavy atom. The molecule has 1 aliphatic rings. The maximum absolute atomic E-state index is 12.7. The minimum absolute atomic E-state index is 0.0248. The van der Waals surface area contributed by atoms with Crippen LogP contribution in [0.25, 0.3) is 0 Å². The summed E-state index contributed by atoms with van der Waals surface area (Å²) in [4.78, 5) is 1.90. The molecule has 1 rings (SSSR count). The summed E-state index contributed by atoms with van der Waals surface area (Å²) < 4.78 is 43.1. The van der Waals surface area contributed by atoms with Gasteiger partial charge < -0.3 is 10.1 Å². The van der Waals surface area contributed by atoms with Gasteiger partial charge in [-0.25, -0.2) is 0 Å². The van der Waals surface area contributed by atoms with Crippen LogP contribution in [0.2, 0.25) is 0 Å². The highest BCUT2D eigenvalue weighted by Crippen LogP contribution is 2.28. The molecule has 0 spiro atoms. The van der Waals surface area contributed by atoms with Crippen LogP contribution in [0.4, 0.5) is 13.2 Å². The lowest BCUT2D eigenvalue weighted by Gasteiger charge is -2.30. The predicted molar refractivity (Wildman–Crippen MR) is 59.9 cm³/mol. The second-order valence-electron chi connectivity index (χ2n) is 4.57. The first-order valence-electron chi connectivity index (χ1n) is 5.95. The van der Waals surface area contributed by atoms with Crippen LogP contribution in [-0.2, 0) is 4.74 Å². The highest BCUT2D eigenvalue weighted by molar-refractivity contribution is 4.81. The lowest BCUT2D eigenvalue weighted by atomic mass is 10.1. The summed E-state index contributed by atoms with van der Waals surface area (Å²) in [6.45, 7) is 3.93. The number of hydrogen-bond donors (Lipinski definition) is 1. The Morgan fingerprint density at radius 2 is 2.18 bits per heavy atom. The fourth-order valence-electron chi connectivity index (χ4n) is 2.03. The fraction of sp³-hybridized carbons (Fsp3) is 1.00. The van der Waals surface area contributed by atoms with E-state index in [1.54, 1.807) is 7.11 Å². The van der Waals surface area contributed by atoms with Gasteiger partial charge in [-0.05, 0) is 13.3 Å². The number of nitrogens with one attached hydrogen (secondary N) is 1. The number of rotatable bonds is 4. The van der Waals surface area contributed by atoms with Crippen LogP contribution in [0.5, 0.6) is 0 Å². The van der Waals surface area contributed by atoms with Crippen molar-refractivity contribution in [2.24, 2.45) is 5.92 Å². The van der Waals surface area contributed by atoms with Gasteiger partial charge in [0.15, 0.2) is 0 Å². The Labute approximate surface area is 100 Å². The van der Waals surface area contributed by atoms with Crippen LogP contribution >= 0.6 is 0 Å². The molecule has 0 aliphatic carbocycles. The van der Waals surface area contributed by atoms with E-state index >= 15 is 0 Å². The maximum Gasteiger partial charge on any atom is 0.394 e. The van der Waals surface area contributed by atoms with Crippen LogP contribution in [-0.4, -0.2) is 57.0 Å². The zero-order valence-corrected chi connectivity index (χ0v) is 10.4. The summed E-state index contributed by atoms with van der Waals surface area (Å²) in [5.74, 6) is -1.27. The largest absolute Gasteiger partial charge is 0.394 e. The van der Waals surface area contributed by atoms with Gasteiger partial charge in [0.25, 0.3) is 0 Å². The number of halogens is 3. The summed E-state index contributed by atoms with van der Waals surface area (Å²) in [5, 5.41) is 2.85. The van der Waals surface area contributed by atoms with E-state index in [1.807, 2.05) is 11.8 Å². The van der Waals surface area contributed by atoms with Crippen LogP contribution < -0.4 is 5.32 Å². The molecule has 2 atom stereocenters. The second-order valence-corrected chi connectivity index (χ2v) is 4.57. The molecule has 1 saturated heterocycles. The van der Waals surface area contributed by atoms with Crippen LogP contribution in [0.3, 0.4) is 0 Å². The summed E-state index contributed by atoms with van der Waals surface area (Å²) >= 11 is 0. The van der Waals surface area contributed by atoms with Crippen molar-refractivity contribution in [1.82, 2.24) is 10.2 Å². The standard InChI is InChI=1S/C11H21F3N2O/c1-9(3-6-17-2)16-5-4-15-7-10(8-16)11(12,13)14/h9-10,15H,3-8H2,1-2H3. The highest BCUT2D eigenvalue weighted by Gasteiger charge is 2.41. The molecule has 0 aromatic rings. The number of ether oxygens (including phenoxy) is 1. The average molecular weight is 254 g/mol. The van der Waals surface area contributed by atoms with Crippen molar-refractivity contribution in [1.29, 1.82) is 0 Å². The van der Waals surface area contributed by atoms with Crippen molar-refractivity contribution in [3.8, 4) is 0 Å². The molecule has 6 heteroatoms. The Hall–Kier alpha value is -0.330. The van der Waals surface area contributed by atoms with Gasteiger partial charge in [0.05, 0.1) is 5.92 Å². The minimum Gasteiger partial charge on any atom is -0.385 e. The van der Waals surface area contributed by atoms with Crippen LogP contribution in [0.15, 0.2) is 0 Å². The van der Waals surface area contributed by atoms with E-state index in [0.29, 0.717) is 19.7 Å². The molecule has 0 aromatic carbocycles. The third-order valence-corrected chi connectivity index (χ3v) is 3.25. The molecule has 0 bridgehead atoms. The third kappa shape index (κ3) is 4.81. The molecule has 2 unspecified atom stereocenters. The lowest BCUT2D eigenvalue weighted by molar-refractivity contribution is -0.176. The molecule has 0 amide bonds. The molecule has 3 nitrogen and oxygen atoms in total. The Kier molecular flexibility index (Phi) is 5.69. The normalized spacial score (nSPS) is 25.6. The van der Waals surface area contributed by atoms with E-state index in [1.165, 1.54) is 0 Å². The topological polar surface area (TPSA) is 24.5 Å². The van der Waals surface area contributed by atoms with Crippen LogP contribution in [0.1, 0.15) is 13.3 Å². The second kappa shape index (κ2) is 6.56. The summed E-state index contributed by atoms with van der Waals surface area (Å²) in [6, 6.07) is 0.125. The van der Waals surface area contributed by atoms with Crippen molar-refractivity contribution in [2.75, 3.05) is 39.9 Å². The molecular formula is C11H21F3N2O. The van der Waals surface area contributed by atoms with Crippen molar-refractivity contribution < 1.29 is 17.9 Å². The molecule has 0 radical (unpaired) electrons. The van der Waals surface area contributed by atoms with Gasteiger partial charge in [-0.1, -0.05) is 0 Å². The quantitative estimate of drug-likeness (QED) is 0.822. The van der Waals surface area contributed by atoms with E-state index in [9.17, 15) is 13.2 Å². The first kappa shape index (κ1) is 14.7. The lowest BCUT2D eigenvalue weighted by Crippen LogP contribution is -2.42. The van der Waals surface area contributed by atoms with Gasteiger partial charge in [-0.15, -0.1) is 0 Å². The Bertz CT molecular complexity index is 223. The molecular weight excluding hydrogens is 233 g/mol. The zero-order valence-electron chi connectivity index (χ0n) is 10.4. The highest BCUT2D eigenvalue weighted by atomic mass is 19.4. The molecule has 102 valence electrons. The first-order valence-corrected chi connectivity index (χ1v) is 5.95. The van der Waals surface area contributed by atoms with Gasteiger partial charge >= 0.3 is 6.18 Å². The van der Waals surface area contributed by atoms with E-state index in [4.69, 9.17) is 4.74 Å². The maximum atomic E-state index is 12.7. The van der Waals surface area contributed by atoms with Crippen molar-refractivity contribution in [2.45, 2.75) is 25.6 Å². The number of methoxy groups -OCH3 is 1. The first-order chi connectivity index (χ1) is 7.95. The number of alkyl halides is 3. The van der Waals surface area contributed by atoms with E-state index in [-0.39, 0.29) is 19.1 Å². The predicted octanol–water partition coefficient (Wildman–Crippen LogP) is 1.50. The molecule has 0 saturated carbocycles. The summed E-state index contributed by atoms with van der Waals surface area (Å²) in [6.07, 6.45) is -3.35. The molecule has 17 heavy (non-hydrogen) atoms. The number of nitrogens with zero attached hydrogens (tertiary/aromatic N) is 1. The summed E-state index contributed by atoms with van der Waals surface area (Å²) in [5.41, 5.74) is 0. The monoisotopic (exact) mass is 254 g/mol. The van der Waals surface area contributed by atoms with Gasteiger partial charge in [-0.2, -0.15) is 13.2 Å². The minimum atomic E-state index is -4.11. The Morgan fingerprint density at radius 1 is 1.47 bits per heavy atom. The van der Waals surface area contributed by atoms with Gasteiger partial charge in [0.2, 0.25) is 0 Å². The van der Waals surface area contributed by atoms with Crippen molar-refractivity contribution in [3.63, 3.8) is 0 Å². The number of hydrogen-bond acceptors (Lipinski definition) is 3. The van der Waals surface area contributed by atoms with Crippen molar-refractivity contribution in [3.05, 3.63) is 0 Å². The van der Waals surface area contributed by atoms with E-state index < -0.39 is 12.1 Å². The van der Waals surface area contributed by atoms with E-state index in [0.717, 1.165) is 6.42 Å². The molecule has 1 fully saturated rings. The summed E-state index contributed by atoms with van der Waals surface area (Å²) in [7, 11) is 1.61. The fourth-order valence-corrected chi connectivity index (χ4v) is 2.03. The van der Waals surface area contributed by atoms with Crippen LogP contribution in [0, 0.1) is 5.92 Å². The Balaban J connectivity index is 2.53. The van der Waals surface area contributed by atoms with Gasteiger partial charge in [0.1, 0.15) is 0 Å². The molecule has 1 heterocycles. The third-order valence-electron chi connectivity index (χ3n) is 3.25. The van der Waals surface area contributed by atoms with Gasteiger partial charge in [-0.3, -0.25) is 4.90 Å². The smallest absolute Gasteiger partial charge is 0.385 e. The van der Waals surface area contributed by atoms with Gasteiger partial charge in [0, 0.05) is 45.9 Å². The van der Waals surface area contributed by atoms with Crippen molar-refractivity contribution >= 4 is 0 Å². The SMILES string of the molecule is COCCC(C)N1CCNCC(C(F)(F)F)C1. The zero-order chi connectivity index (χ0) is 12.9. The van der Waals surface area contributed by atoms with E-state index in [2.05, 4.69) is 5.32 Å². The molecule has 1 aliphatic heterocycles. The molecule has 0 aromatic heterocycles. The molecule has 1 N–H and O–H groups in total.